The lowest BCUT2D eigenvalue weighted by molar-refractivity contribution is 0.701. The van der Waals surface area contributed by atoms with Gasteiger partial charge in [0.25, 0.3) is 0 Å². The Morgan fingerprint density at radius 3 is 2.73 bits per heavy atom. The van der Waals surface area contributed by atoms with Crippen LogP contribution in [0.1, 0.15) is 5.69 Å². The standard InChI is InChI=1S/C10H12N3PS/c14-7-9-6-13(12-11-9)8-15-10-4-2-1-3-5-10/h1-6H,7-8,14H2. The summed E-state index contributed by atoms with van der Waals surface area (Å²) >= 11 is 1.75. The average Bonchev–Trinajstić information content (AvgIpc) is 2.76. The number of hydrogen-bond acceptors (Lipinski definition) is 3. The van der Waals surface area contributed by atoms with Gasteiger partial charge in [-0.2, -0.15) is 0 Å². The maximum Gasteiger partial charge on any atom is 0.0927 e. The molecule has 0 saturated heterocycles. The third kappa shape index (κ3) is 3.05. The first-order valence-electron chi connectivity index (χ1n) is 4.65. The highest BCUT2D eigenvalue weighted by Crippen LogP contribution is 2.18. The molecule has 15 heavy (non-hydrogen) atoms. The van der Waals surface area contributed by atoms with Crippen LogP contribution in [0.2, 0.25) is 0 Å². The van der Waals surface area contributed by atoms with Gasteiger partial charge >= 0.3 is 0 Å². The summed E-state index contributed by atoms with van der Waals surface area (Å²) in [6, 6.07) is 10.3. The Bertz CT molecular complexity index is 416. The Morgan fingerprint density at radius 1 is 1.27 bits per heavy atom. The molecule has 0 N–H and O–H groups in total. The van der Waals surface area contributed by atoms with E-state index in [4.69, 9.17) is 0 Å². The van der Waals surface area contributed by atoms with Gasteiger partial charge in [-0.1, -0.05) is 23.4 Å². The van der Waals surface area contributed by atoms with Gasteiger partial charge in [0.15, 0.2) is 0 Å². The molecule has 1 unspecified atom stereocenters. The van der Waals surface area contributed by atoms with Crippen LogP contribution in [0.4, 0.5) is 0 Å². The second kappa shape index (κ2) is 5.29. The Morgan fingerprint density at radius 2 is 2.07 bits per heavy atom. The largest absolute Gasteiger partial charge is 0.242 e. The summed E-state index contributed by atoms with van der Waals surface area (Å²) in [5, 5.41) is 8.06. The molecule has 1 atom stereocenters. The second-order valence-corrected chi connectivity index (χ2v) is 4.47. The molecule has 0 aliphatic rings. The maximum absolute atomic E-state index is 4.03. The first-order valence-corrected chi connectivity index (χ1v) is 6.45. The average molecular weight is 237 g/mol. The van der Waals surface area contributed by atoms with Gasteiger partial charge in [-0.15, -0.1) is 26.1 Å². The van der Waals surface area contributed by atoms with Gasteiger partial charge in [0, 0.05) is 17.3 Å². The summed E-state index contributed by atoms with van der Waals surface area (Å²) in [5.74, 6) is 0.807. The number of aromatic nitrogens is 3. The normalized spacial score (nSPS) is 10.5. The Balaban J connectivity index is 1.93. The molecule has 1 aromatic carbocycles. The van der Waals surface area contributed by atoms with Crippen LogP contribution >= 0.6 is 21.0 Å². The van der Waals surface area contributed by atoms with Crippen molar-refractivity contribution in [2.75, 3.05) is 0 Å². The lowest BCUT2D eigenvalue weighted by Gasteiger charge is -1.99. The molecule has 3 nitrogen and oxygen atoms in total. The number of benzene rings is 1. The first kappa shape index (κ1) is 10.7. The third-order valence-corrected chi connectivity index (χ3v) is 3.32. The molecule has 0 aliphatic carbocycles. The highest BCUT2D eigenvalue weighted by Gasteiger charge is 1.98. The summed E-state index contributed by atoms with van der Waals surface area (Å²) in [4.78, 5) is 1.25. The van der Waals surface area contributed by atoms with Crippen LogP contribution in [0.15, 0.2) is 41.4 Å². The molecule has 1 aromatic heterocycles. The second-order valence-electron chi connectivity index (χ2n) is 3.04. The van der Waals surface area contributed by atoms with Crippen molar-refractivity contribution in [3.8, 4) is 0 Å². The van der Waals surface area contributed by atoms with E-state index in [0.29, 0.717) is 0 Å². The van der Waals surface area contributed by atoms with Crippen LogP contribution < -0.4 is 0 Å². The zero-order valence-corrected chi connectivity index (χ0v) is 10.2. The van der Waals surface area contributed by atoms with Gasteiger partial charge in [0.05, 0.1) is 11.6 Å². The van der Waals surface area contributed by atoms with Gasteiger partial charge in [-0.3, -0.25) is 0 Å². The fourth-order valence-electron chi connectivity index (χ4n) is 1.15. The minimum atomic E-state index is 0.807. The SMILES string of the molecule is PCc1cn(CSc2ccccc2)nn1. The molecule has 1 heterocycles. The predicted octanol–water partition coefficient (Wildman–Crippen LogP) is 2.40. The fourth-order valence-corrected chi connectivity index (χ4v) is 2.10. The quantitative estimate of drug-likeness (QED) is 0.604. The molecule has 0 fully saturated rings. The molecule has 0 amide bonds. The van der Waals surface area contributed by atoms with Crippen molar-refractivity contribution in [1.29, 1.82) is 0 Å². The van der Waals surface area contributed by atoms with E-state index in [1.54, 1.807) is 11.8 Å². The molecule has 0 bridgehead atoms. The van der Waals surface area contributed by atoms with Crippen molar-refractivity contribution in [2.24, 2.45) is 0 Å². The lowest BCUT2D eigenvalue weighted by atomic mass is 10.4. The molecule has 2 aromatic rings. The van der Waals surface area contributed by atoms with Crippen molar-refractivity contribution in [2.45, 2.75) is 16.9 Å². The van der Waals surface area contributed by atoms with E-state index >= 15 is 0 Å². The van der Waals surface area contributed by atoms with Crippen molar-refractivity contribution < 1.29 is 0 Å². The summed E-state index contributed by atoms with van der Waals surface area (Å²) in [5.41, 5.74) is 1.01. The van der Waals surface area contributed by atoms with E-state index in [1.165, 1.54) is 4.90 Å². The van der Waals surface area contributed by atoms with E-state index in [1.807, 2.05) is 29.1 Å². The Hall–Kier alpha value is -0.860. The number of rotatable bonds is 4. The molecule has 0 spiro atoms. The molecular formula is C10H12N3PS. The van der Waals surface area contributed by atoms with Crippen molar-refractivity contribution in [1.82, 2.24) is 15.0 Å². The summed E-state index contributed by atoms with van der Waals surface area (Å²) in [6.45, 7) is 0. The smallest absolute Gasteiger partial charge is 0.0927 e. The summed E-state index contributed by atoms with van der Waals surface area (Å²) in [6.07, 6.45) is 2.83. The van der Waals surface area contributed by atoms with Crippen LogP contribution in [0.25, 0.3) is 0 Å². The van der Waals surface area contributed by atoms with E-state index < -0.39 is 0 Å². The number of nitrogens with zero attached hydrogens (tertiary/aromatic N) is 3. The van der Waals surface area contributed by atoms with Gasteiger partial charge in [0.1, 0.15) is 0 Å². The van der Waals surface area contributed by atoms with Crippen LogP contribution in [0.3, 0.4) is 0 Å². The van der Waals surface area contributed by atoms with Crippen LogP contribution in [-0.4, -0.2) is 15.0 Å². The first-order chi connectivity index (χ1) is 7.38. The lowest BCUT2D eigenvalue weighted by Crippen LogP contribution is -1.94. The zero-order chi connectivity index (χ0) is 10.5. The van der Waals surface area contributed by atoms with E-state index in [0.717, 1.165) is 17.7 Å². The summed E-state index contributed by atoms with van der Waals surface area (Å²) in [7, 11) is 2.64. The van der Waals surface area contributed by atoms with Gasteiger partial charge in [-0.05, 0) is 12.1 Å². The monoisotopic (exact) mass is 237 g/mol. The molecular weight excluding hydrogens is 225 g/mol. The van der Waals surface area contributed by atoms with E-state index in [-0.39, 0.29) is 0 Å². The van der Waals surface area contributed by atoms with Gasteiger partial charge < -0.3 is 0 Å². The minimum absolute atomic E-state index is 0.807. The van der Waals surface area contributed by atoms with Crippen LogP contribution in [-0.2, 0) is 12.0 Å². The molecule has 78 valence electrons. The van der Waals surface area contributed by atoms with Gasteiger partial charge in [-0.25, -0.2) is 4.68 Å². The van der Waals surface area contributed by atoms with Crippen molar-refractivity contribution >= 4 is 21.0 Å². The molecule has 0 saturated carbocycles. The van der Waals surface area contributed by atoms with Gasteiger partial charge in [0.2, 0.25) is 0 Å². The highest BCUT2D eigenvalue weighted by molar-refractivity contribution is 7.98. The minimum Gasteiger partial charge on any atom is -0.242 e. The molecule has 2 rings (SSSR count). The Labute approximate surface area is 95.5 Å². The third-order valence-electron chi connectivity index (χ3n) is 1.90. The zero-order valence-electron chi connectivity index (χ0n) is 8.21. The fraction of sp³-hybridized carbons (Fsp3) is 0.200. The molecule has 5 heteroatoms. The predicted molar refractivity (Wildman–Crippen MR) is 65.7 cm³/mol. The highest BCUT2D eigenvalue weighted by atomic mass is 32.2. The number of thioether (sulfide) groups is 1. The molecule has 0 radical (unpaired) electrons. The topological polar surface area (TPSA) is 30.7 Å². The molecule has 0 aliphatic heterocycles. The van der Waals surface area contributed by atoms with Crippen molar-refractivity contribution in [3.05, 3.63) is 42.2 Å². The Kier molecular flexibility index (Phi) is 3.75. The van der Waals surface area contributed by atoms with Crippen LogP contribution in [0, 0.1) is 0 Å². The maximum atomic E-state index is 4.03. The van der Waals surface area contributed by atoms with E-state index in [2.05, 4.69) is 31.7 Å². The van der Waals surface area contributed by atoms with E-state index in [9.17, 15) is 0 Å². The summed E-state index contributed by atoms with van der Waals surface area (Å²) < 4.78 is 1.86. The van der Waals surface area contributed by atoms with Crippen LogP contribution in [0.5, 0.6) is 0 Å². The van der Waals surface area contributed by atoms with Crippen molar-refractivity contribution in [3.63, 3.8) is 0 Å². The number of hydrogen-bond donors (Lipinski definition) is 0.